The van der Waals surface area contributed by atoms with Gasteiger partial charge in [0.25, 0.3) is 0 Å². The summed E-state index contributed by atoms with van der Waals surface area (Å²) in [7, 11) is 0. The van der Waals surface area contributed by atoms with Gasteiger partial charge in [0.15, 0.2) is 0 Å². The van der Waals surface area contributed by atoms with E-state index in [4.69, 9.17) is 4.98 Å². The van der Waals surface area contributed by atoms with Crippen molar-refractivity contribution in [3.05, 3.63) is 54.5 Å². The SMILES string of the molecule is Cc1cccc(-c2n[nH]cc2-c2ccc3ncc(N4CCC[C@@H]4CO)cc3n2)n1. The van der Waals surface area contributed by atoms with Crippen LogP contribution in [0.3, 0.4) is 0 Å². The molecule has 4 aromatic rings. The number of aliphatic hydroxyl groups is 1. The van der Waals surface area contributed by atoms with E-state index in [0.717, 1.165) is 64.4 Å². The van der Waals surface area contributed by atoms with Gasteiger partial charge >= 0.3 is 0 Å². The average Bonchev–Trinajstić information content (AvgIpc) is 3.42. The van der Waals surface area contributed by atoms with Crippen molar-refractivity contribution in [1.82, 2.24) is 25.1 Å². The maximum Gasteiger partial charge on any atom is 0.120 e. The number of aromatic nitrogens is 5. The molecule has 146 valence electrons. The molecule has 7 nitrogen and oxygen atoms in total. The zero-order chi connectivity index (χ0) is 19.8. The standard InChI is InChI=1S/C22H22N6O/c1-14-4-2-6-20(25-14)22-17(12-24-27-22)18-7-8-19-21(26-18)10-16(11-23-19)28-9-3-5-15(28)13-29/h2,4,6-8,10-12,15,29H,3,5,9,13H2,1H3,(H,24,27)/t15-/m1/s1. The van der Waals surface area contributed by atoms with Crippen LogP contribution in [0.1, 0.15) is 18.5 Å². The van der Waals surface area contributed by atoms with E-state index in [1.807, 2.05) is 49.6 Å². The van der Waals surface area contributed by atoms with Crippen molar-refractivity contribution >= 4 is 16.7 Å². The Morgan fingerprint density at radius 2 is 2.07 bits per heavy atom. The lowest BCUT2D eigenvalue weighted by Gasteiger charge is -2.25. The average molecular weight is 386 g/mol. The fourth-order valence-electron chi connectivity index (χ4n) is 4.02. The molecule has 0 aromatic carbocycles. The largest absolute Gasteiger partial charge is 0.394 e. The first kappa shape index (κ1) is 17.8. The fourth-order valence-corrected chi connectivity index (χ4v) is 4.02. The quantitative estimate of drug-likeness (QED) is 0.559. The Hall–Kier alpha value is -3.32. The molecule has 0 spiro atoms. The van der Waals surface area contributed by atoms with Crippen molar-refractivity contribution in [2.75, 3.05) is 18.1 Å². The van der Waals surface area contributed by atoms with Gasteiger partial charge in [0, 0.05) is 24.0 Å². The molecule has 0 aliphatic carbocycles. The minimum Gasteiger partial charge on any atom is -0.394 e. The Bertz CT molecular complexity index is 1170. The van der Waals surface area contributed by atoms with Crippen LogP contribution in [-0.2, 0) is 0 Å². The van der Waals surface area contributed by atoms with Crippen LogP contribution in [0, 0.1) is 6.92 Å². The number of fused-ring (bicyclic) bond motifs is 1. The van der Waals surface area contributed by atoms with E-state index in [-0.39, 0.29) is 12.6 Å². The second-order valence-electron chi connectivity index (χ2n) is 7.41. The summed E-state index contributed by atoms with van der Waals surface area (Å²) in [6.07, 6.45) is 5.81. The third-order valence-corrected chi connectivity index (χ3v) is 5.49. The van der Waals surface area contributed by atoms with Crippen molar-refractivity contribution in [2.45, 2.75) is 25.8 Å². The van der Waals surface area contributed by atoms with E-state index in [0.29, 0.717) is 0 Å². The number of H-pyrrole nitrogens is 1. The van der Waals surface area contributed by atoms with Gasteiger partial charge in [0.1, 0.15) is 5.69 Å². The Balaban J connectivity index is 1.56. The highest BCUT2D eigenvalue weighted by Gasteiger charge is 2.24. The van der Waals surface area contributed by atoms with Gasteiger partial charge in [-0.3, -0.25) is 15.1 Å². The summed E-state index contributed by atoms with van der Waals surface area (Å²) >= 11 is 0. The number of anilines is 1. The molecule has 2 N–H and O–H groups in total. The van der Waals surface area contributed by atoms with Crippen LogP contribution in [0.15, 0.2) is 48.8 Å². The third kappa shape index (κ3) is 3.23. The number of aryl methyl sites for hydroxylation is 1. The van der Waals surface area contributed by atoms with E-state index in [1.165, 1.54) is 0 Å². The van der Waals surface area contributed by atoms with Crippen molar-refractivity contribution < 1.29 is 5.11 Å². The summed E-state index contributed by atoms with van der Waals surface area (Å²) in [5, 5.41) is 17.0. The second-order valence-corrected chi connectivity index (χ2v) is 7.41. The minimum absolute atomic E-state index is 0.158. The molecule has 0 saturated carbocycles. The van der Waals surface area contributed by atoms with Crippen molar-refractivity contribution in [3.63, 3.8) is 0 Å². The molecular formula is C22H22N6O. The van der Waals surface area contributed by atoms with Gasteiger partial charge in [-0.1, -0.05) is 6.07 Å². The van der Waals surface area contributed by atoms with Crippen LogP contribution in [-0.4, -0.2) is 49.4 Å². The number of aromatic amines is 1. The summed E-state index contributed by atoms with van der Waals surface area (Å²) in [4.78, 5) is 16.3. The smallest absolute Gasteiger partial charge is 0.120 e. The summed E-state index contributed by atoms with van der Waals surface area (Å²) in [5.74, 6) is 0. The molecule has 5 heterocycles. The topological polar surface area (TPSA) is 90.8 Å². The first-order valence-electron chi connectivity index (χ1n) is 9.85. The number of hydrogen-bond donors (Lipinski definition) is 2. The van der Waals surface area contributed by atoms with Gasteiger partial charge in [0.2, 0.25) is 0 Å². The number of nitrogens with one attached hydrogen (secondary N) is 1. The summed E-state index contributed by atoms with van der Waals surface area (Å²) in [6, 6.07) is 12.1. The molecule has 1 aliphatic rings. The van der Waals surface area contributed by atoms with Crippen molar-refractivity contribution in [3.8, 4) is 22.6 Å². The number of rotatable bonds is 4. The molecule has 0 bridgehead atoms. The van der Waals surface area contributed by atoms with Crippen LogP contribution in [0.5, 0.6) is 0 Å². The summed E-state index contributed by atoms with van der Waals surface area (Å²) in [5.41, 5.74) is 6.95. The predicted molar refractivity (Wildman–Crippen MR) is 113 cm³/mol. The molecule has 1 aliphatic heterocycles. The van der Waals surface area contributed by atoms with E-state index in [1.54, 1.807) is 0 Å². The zero-order valence-electron chi connectivity index (χ0n) is 16.2. The van der Waals surface area contributed by atoms with E-state index >= 15 is 0 Å². The van der Waals surface area contributed by atoms with E-state index < -0.39 is 0 Å². The van der Waals surface area contributed by atoms with Crippen molar-refractivity contribution in [2.24, 2.45) is 0 Å². The van der Waals surface area contributed by atoms with Gasteiger partial charge in [-0.05, 0) is 50.1 Å². The Morgan fingerprint density at radius 3 is 2.93 bits per heavy atom. The van der Waals surface area contributed by atoms with Gasteiger partial charge < -0.3 is 10.0 Å². The first-order chi connectivity index (χ1) is 14.2. The summed E-state index contributed by atoms with van der Waals surface area (Å²) in [6.45, 7) is 3.06. The molecule has 0 unspecified atom stereocenters. The Morgan fingerprint density at radius 1 is 1.14 bits per heavy atom. The molecule has 5 rings (SSSR count). The number of pyridine rings is 3. The molecule has 1 atom stereocenters. The third-order valence-electron chi connectivity index (χ3n) is 5.49. The van der Waals surface area contributed by atoms with Crippen molar-refractivity contribution in [1.29, 1.82) is 0 Å². The molecule has 0 radical (unpaired) electrons. The van der Waals surface area contributed by atoms with Crippen LogP contribution >= 0.6 is 0 Å². The maximum absolute atomic E-state index is 9.64. The van der Waals surface area contributed by atoms with Gasteiger partial charge in [0.05, 0.1) is 47.0 Å². The fraction of sp³-hybridized carbons (Fsp3) is 0.273. The van der Waals surface area contributed by atoms with E-state index in [2.05, 4.69) is 31.1 Å². The van der Waals surface area contributed by atoms with Crippen LogP contribution in [0.25, 0.3) is 33.7 Å². The van der Waals surface area contributed by atoms with E-state index in [9.17, 15) is 5.11 Å². The van der Waals surface area contributed by atoms with Crippen LogP contribution < -0.4 is 4.90 Å². The summed E-state index contributed by atoms with van der Waals surface area (Å²) < 4.78 is 0. The number of aliphatic hydroxyl groups excluding tert-OH is 1. The normalized spacial score (nSPS) is 16.6. The maximum atomic E-state index is 9.64. The number of nitrogens with zero attached hydrogens (tertiary/aromatic N) is 5. The Labute approximate surface area is 168 Å². The monoisotopic (exact) mass is 386 g/mol. The van der Waals surface area contributed by atoms with Crippen LogP contribution in [0.4, 0.5) is 5.69 Å². The highest BCUT2D eigenvalue weighted by atomic mass is 16.3. The lowest BCUT2D eigenvalue weighted by molar-refractivity contribution is 0.266. The minimum atomic E-state index is 0.158. The number of hydrogen-bond acceptors (Lipinski definition) is 6. The molecule has 29 heavy (non-hydrogen) atoms. The predicted octanol–water partition coefficient (Wildman–Crippen LogP) is 3.35. The highest BCUT2D eigenvalue weighted by Crippen LogP contribution is 2.31. The zero-order valence-corrected chi connectivity index (χ0v) is 16.2. The molecule has 1 saturated heterocycles. The molecular weight excluding hydrogens is 364 g/mol. The lowest BCUT2D eigenvalue weighted by Crippen LogP contribution is -2.32. The highest BCUT2D eigenvalue weighted by molar-refractivity contribution is 5.84. The van der Waals surface area contributed by atoms with Gasteiger partial charge in [-0.15, -0.1) is 0 Å². The first-order valence-corrected chi connectivity index (χ1v) is 9.85. The molecule has 0 amide bonds. The van der Waals surface area contributed by atoms with Gasteiger partial charge in [-0.25, -0.2) is 4.98 Å². The van der Waals surface area contributed by atoms with Crippen LogP contribution in [0.2, 0.25) is 0 Å². The van der Waals surface area contributed by atoms with Gasteiger partial charge in [-0.2, -0.15) is 5.10 Å². The molecule has 7 heteroatoms. The lowest BCUT2D eigenvalue weighted by atomic mass is 10.1. The molecule has 4 aromatic heterocycles. The molecule has 1 fully saturated rings. The second kappa shape index (κ2) is 7.25. The Kier molecular flexibility index (Phi) is 4.44.